The van der Waals surface area contributed by atoms with Gasteiger partial charge >= 0.3 is 0 Å². The summed E-state index contributed by atoms with van der Waals surface area (Å²) < 4.78 is 10.0. The Bertz CT molecular complexity index is 492. The molecule has 2 aliphatic rings. The number of aliphatic hydroxyl groups is 7. The Morgan fingerprint density at radius 3 is 1.92 bits per heavy atom. The van der Waals surface area contributed by atoms with Crippen LogP contribution in [0.1, 0.15) is 6.92 Å². The van der Waals surface area contributed by atoms with E-state index in [4.69, 9.17) is 9.47 Å². The smallest absolute Gasteiger partial charge is 0.221 e. The fourth-order valence-corrected chi connectivity index (χ4v) is 3.27. The molecule has 1 amide bonds. The van der Waals surface area contributed by atoms with Crippen molar-refractivity contribution in [1.29, 1.82) is 0 Å². The molecule has 0 aromatic heterocycles. The maximum absolute atomic E-state index is 12.2. The second kappa shape index (κ2) is 8.39. The van der Waals surface area contributed by atoms with Crippen molar-refractivity contribution in [1.82, 2.24) is 4.90 Å². The molecule has 26 heavy (non-hydrogen) atoms. The van der Waals surface area contributed by atoms with Crippen molar-refractivity contribution in [3.8, 4) is 0 Å². The number of nitrogens with zero attached hydrogens (tertiary/aromatic N) is 1. The van der Waals surface area contributed by atoms with Crippen molar-refractivity contribution in [3.63, 3.8) is 0 Å². The minimum atomic E-state index is -2.10. The molecule has 12 heteroatoms. The molecule has 0 radical (unpaired) electrons. The summed E-state index contributed by atoms with van der Waals surface area (Å²) in [5.74, 6) is -0.844. The van der Waals surface area contributed by atoms with Gasteiger partial charge in [0.05, 0.1) is 25.4 Å². The van der Waals surface area contributed by atoms with E-state index in [1.807, 2.05) is 0 Å². The number of aliphatic hydroxyl groups excluding tert-OH is 7. The third-order valence-corrected chi connectivity index (χ3v) is 4.67. The summed E-state index contributed by atoms with van der Waals surface area (Å²) in [7, 11) is 0. The number of hydrogen-bond acceptors (Lipinski definition) is 11. The van der Waals surface area contributed by atoms with E-state index in [1.54, 1.807) is 0 Å². The van der Waals surface area contributed by atoms with Gasteiger partial charge in [-0.1, -0.05) is 0 Å². The molecule has 0 saturated carbocycles. The molecule has 7 N–H and O–H groups in total. The van der Waals surface area contributed by atoms with Crippen LogP contribution in [0.15, 0.2) is 0 Å². The normalized spacial score (nSPS) is 46.8. The lowest BCUT2D eigenvalue weighted by atomic mass is 9.91. The minimum Gasteiger partial charge on any atom is -0.829 e. The zero-order valence-electron chi connectivity index (χ0n) is 13.9. The van der Waals surface area contributed by atoms with Crippen LogP contribution in [0.25, 0.3) is 0 Å². The largest absolute Gasteiger partial charge is 0.829 e. The molecular formula is C14H24NO11-. The summed E-state index contributed by atoms with van der Waals surface area (Å²) in [6.07, 6.45) is -15.5. The summed E-state index contributed by atoms with van der Waals surface area (Å²) in [6, 6.07) is -1.64. The lowest BCUT2D eigenvalue weighted by Gasteiger charge is -2.53. The van der Waals surface area contributed by atoms with Crippen molar-refractivity contribution >= 4 is 5.91 Å². The quantitative estimate of drug-likeness (QED) is 0.244. The Kier molecular flexibility index (Phi) is 6.90. The monoisotopic (exact) mass is 382 g/mol. The summed E-state index contributed by atoms with van der Waals surface area (Å²) >= 11 is 0. The van der Waals surface area contributed by atoms with Crippen LogP contribution in [0, 0.1) is 0 Å². The van der Waals surface area contributed by atoms with E-state index in [0.29, 0.717) is 4.90 Å². The molecule has 2 saturated heterocycles. The Hall–Kier alpha value is -0.930. The maximum Gasteiger partial charge on any atom is 0.221 e. The van der Waals surface area contributed by atoms with Crippen molar-refractivity contribution < 1.29 is 55.1 Å². The van der Waals surface area contributed by atoms with Crippen LogP contribution in [0.4, 0.5) is 0 Å². The van der Waals surface area contributed by atoms with E-state index in [1.165, 1.54) is 0 Å². The number of rotatable bonds is 4. The van der Waals surface area contributed by atoms with Crippen LogP contribution in [-0.2, 0) is 14.3 Å². The molecule has 2 fully saturated rings. The SMILES string of the molecule is CC(=O)N([C@@H]1[C@@H](O)[C@H]([O-])O[C@H](CO)[C@H]1O)[C@@H]1O[C@H](CO)[C@H](O)[C@H](O)[C@H]1O. The molecule has 10 atom stereocenters. The van der Waals surface area contributed by atoms with E-state index >= 15 is 0 Å². The first-order chi connectivity index (χ1) is 12.1. The van der Waals surface area contributed by atoms with Gasteiger partial charge in [-0.2, -0.15) is 0 Å². The first-order valence-electron chi connectivity index (χ1n) is 8.03. The van der Waals surface area contributed by atoms with Crippen molar-refractivity contribution in [2.45, 2.75) is 68.2 Å². The van der Waals surface area contributed by atoms with E-state index in [9.17, 15) is 45.6 Å². The first-order valence-corrected chi connectivity index (χ1v) is 8.03. The molecule has 0 aromatic carbocycles. The van der Waals surface area contributed by atoms with Crippen LogP contribution in [-0.4, -0.2) is 121 Å². The molecule has 0 bridgehead atoms. The van der Waals surface area contributed by atoms with Gasteiger partial charge in [-0.25, -0.2) is 0 Å². The highest BCUT2D eigenvalue weighted by Gasteiger charge is 2.52. The minimum absolute atomic E-state index is 0.647. The highest BCUT2D eigenvalue weighted by Crippen LogP contribution is 2.30. The third-order valence-electron chi connectivity index (χ3n) is 4.67. The van der Waals surface area contributed by atoms with Crippen LogP contribution < -0.4 is 5.11 Å². The second-order valence-corrected chi connectivity index (χ2v) is 6.34. The molecule has 0 aliphatic carbocycles. The average Bonchev–Trinajstić information content (AvgIpc) is 2.60. The molecule has 12 nitrogen and oxygen atoms in total. The topological polar surface area (TPSA) is 203 Å². The lowest BCUT2D eigenvalue weighted by molar-refractivity contribution is -0.530. The Labute approximate surface area is 148 Å². The second-order valence-electron chi connectivity index (χ2n) is 6.34. The van der Waals surface area contributed by atoms with Gasteiger partial charge in [0.1, 0.15) is 36.6 Å². The molecule has 0 aromatic rings. The van der Waals surface area contributed by atoms with Crippen LogP contribution >= 0.6 is 0 Å². The van der Waals surface area contributed by atoms with E-state index in [2.05, 4.69) is 0 Å². The van der Waals surface area contributed by atoms with Crippen LogP contribution in [0.3, 0.4) is 0 Å². The number of ether oxygens (including phenoxy) is 2. The molecule has 2 rings (SSSR count). The highest BCUT2D eigenvalue weighted by molar-refractivity contribution is 5.74. The third kappa shape index (κ3) is 3.71. The summed E-state index contributed by atoms with van der Waals surface area (Å²) in [5.41, 5.74) is 0. The van der Waals surface area contributed by atoms with Crippen molar-refractivity contribution in [2.24, 2.45) is 0 Å². The number of hydrogen-bond donors (Lipinski definition) is 7. The van der Waals surface area contributed by atoms with Gasteiger partial charge in [0, 0.05) is 13.2 Å². The fraction of sp³-hybridized carbons (Fsp3) is 0.929. The van der Waals surface area contributed by atoms with Crippen molar-refractivity contribution in [3.05, 3.63) is 0 Å². The van der Waals surface area contributed by atoms with E-state index < -0.39 is 80.4 Å². The molecule has 2 heterocycles. The number of carbonyl (C=O) groups excluding carboxylic acids is 1. The van der Waals surface area contributed by atoms with E-state index in [0.717, 1.165) is 6.92 Å². The maximum atomic E-state index is 12.2. The van der Waals surface area contributed by atoms with Gasteiger partial charge in [0.2, 0.25) is 5.91 Å². The lowest BCUT2D eigenvalue weighted by Crippen LogP contribution is -2.73. The first kappa shape index (κ1) is 21.4. The van der Waals surface area contributed by atoms with Gasteiger partial charge < -0.3 is 55.2 Å². The highest BCUT2D eigenvalue weighted by atomic mass is 16.6. The van der Waals surface area contributed by atoms with Gasteiger partial charge in [-0.15, -0.1) is 0 Å². The van der Waals surface area contributed by atoms with Gasteiger partial charge in [0.15, 0.2) is 6.23 Å². The van der Waals surface area contributed by atoms with Crippen LogP contribution in [0.2, 0.25) is 0 Å². The molecule has 2 aliphatic heterocycles. The number of carbonyl (C=O) groups is 1. The zero-order valence-corrected chi connectivity index (χ0v) is 13.9. The average molecular weight is 382 g/mol. The zero-order chi connectivity index (χ0) is 19.8. The van der Waals surface area contributed by atoms with Gasteiger partial charge in [-0.3, -0.25) is 4.79 Å². The van der Waals surface area contributed by atoms with Gasteiger partial charge in [0.25, 0.3) is 0 Å². The van der Waals surface area contributed by atoms with E-state index in [-0.39, 0.29) is 0 Å². The number of amides is 1. The predicted molar refractivity (Wildman–Crippen MR) is 77.8 cm³/mol. The predicted octanol–water partition coefficient (Wildman–Crippen LogP) is -6.20. The van der Waals surface area contributed by atoms with Crippen LogP contribution in [0.5, 0.6) is 0 Å². The Morgan fingerprint density at radius 1 is 0.885 bits per heavy atom. The molecule has 152 valence electrons. The fourth-order valence-electron chi connectivity index (χ4n) is 3.27. The summed E-state index contributed by atoms with van der Waals surface area (Å²) in [4.78, 5) is 12.8. The molecule has 0 unspecified atom stereocenters. The Balaban J connectivity index is 2.39. The molecular weight excluding hydrogens is 358 g/mol. The Morgan fingerprint density at radius 2 is 1.42 bits per heavy atom. The molecule has 0 spiro atoms. The standard InChI is InChI=1S/C14H24NO11/c1-4(18)15(7-8(19)5(2-16)26-14(24)10(7)21)13-12(23)11(22)9(20)6(3-17)25-13/h5-14,16-17,19-23H,2-3H2,1H3/q-1/t5-,6-,7+,8-,9+,10-,11+,12-,13-,14-/m1/s1. The summed E-state index contributed by atoms with van der Waals surface area (Å²) in [5, 5.41) is 80.7. The van der Waals surface area contributed by atoms with Gasteiger partial charge in [-0.05, 0) is 0 Å². The van der Waals surface area contributed by atoms with Crippen molar-refractivity contribution in [2.75, 3.05) is 13.2 Å². The summed E-state index contributed by atoms with van der Waals surface area (Å²) in [6.45, 7) is -0.525.